The first-order chi connectivity index (χ1) is 9.92. The third-order valence-electron chi connectivity index (χ3n) is 3.30. The molecule has 0 spiro atoms. The van der Waals surface area contributed by atoms with Crippen molar-refractivity contribution in [2.75, 3.05) is 6.61 Å². The lowest BCUT2D eigenvalue weighted by molar-refractivity contribution is -0.123. The minimum Gasteiger partial charge on any atom is -0.483 e. The van der Waals surface area contributed by atoms with Crippen molar-refractivity contribution in [2.45, 2.75) is 59.7 Å². The van der Waals surface area contributed by atoms with Gasteiger partial charge in [-0.25, -0.2) is 0 Å². The predicted molar refractivity (Wildman–Crippen MR) is 86.5 cm³/mol. The van der Waals surface area contributed by atoms with Gasteiger partial charge in [0.05, 0.1) is 0 Å². The standard InChI is InChI=1S/C17H28N2O2/c1-6-14(5)19-17(20)11-21-16-8-7-13(4)9-15(16)10-18-12(2)3/h7-9,12,14,18H,6,10-11H2,1-5H3,(H,19,20). The predicted octanol–water partition coefficient (Wildman–Crippen LogP) is 2.79. The van der Waals surface area contributed by atoms with Gasteiger partial charge < -0.3 is 15.4 Å². The SMILES string of the molecule is CCC(C)NC(=O)COc1ccc(C)cc1CNC(C)C. The van der Waals surface area contributed by atoms with Gasteiger partial charge in [-0.05, 0) is 26.3 Å². The summed E-state index contributed by atoms with van der Waals surface area (Å²) >= 11 is 0. The van der Waals surface area contributed by atoms with Crippen LogP contribution in [0.4, 0.5) is 0 Å². The second kappa shape index (κ2) is 8.67. The summed E-state index contributed by atoms with van der Waals surface area (Å²) in [4.78, 5) is 11.8. The Labute approximate surface area is 128 Å². The van der Waals surface area contributed by atoms with Crippen LogP contribution in [0.2, 0.25) is 0 Å². The number of hydrogen-bond donors (Lipinski definition) is 2. The summed E-state index contributed by atoms with van der Waals surface area (Å²) in [5, 5.41) is 6.28. The van der Waals surface area contributed by atoms with Gasteiger partial charge in [-0.3, -0.25) is 4.79 Å². The zero-order valence-electron chi connectivity index (χ0n) is 13.8. The first kappa shape index (κ1) is 17.5. The van der Waals surface area contributed by atoms with Crippen molar-refractivity contribution in [1.29, 1.82) is 0 Å². The lowest BCUT2D eigenvalue weighted by atomic mass is 10.1. The molecule has 0 saturated carbocycles. The van der Waals surface area contributed by atoms with Crippen LogP contribution in [-0.4, -0.2) is 24.6 Å². The van der Waals surface area contributed by atoms with E-state index in [1.165, 1.54) is 5.56 Å². The smallest absolute Gasteiger partial charge is 0.258 e. The highest BCUT2D eigenvalue weighted by molar-refractivity contribution is 5.77. The molecule has 0 heterocycles. The van der Waals surface area contributed by atoms with Crippen molar-refractivity contribution in [1.82, 2.24) is 10.6 Å². The monoisotopic (exact) mass is 292 g/mol. The lowest BCUT2D eigenvalue weighted by Crippen LogP contribution is -2.35. The Hall–Kier alpha value is -1.55. The van der Waals surface area contributed by atoms with E-state index in [0.717, 1.165) is 24.3 Å². The Balaban J connectivity index is 2.63. The molecule has 0 aliphatic rings. The number of carbonyl (C=O) groups is 1. The molecule has 1 unspecified atom stereocenters. The maximum absolute atomic E-state index is 11.8. The van der Waals surface area contributed by atoms with Crippen LogP contribution < -0.4 is 15.4 Å². The van der Waals surface area contributed by atoms with Gasteiger partial charge in [-0.1, -0.05) is 38.5 Å². The average molecular weight is 292 g/mol. The lowest BCUT2D eigenvalue weighted by Gasteiger charge is -2.16. The van der Waals surface area contributed by atoms with Gasteiger partial charge in [0.15, 0.2) is 6.61 Å². The van der Waals surface area contributed by atoms with Crippen LogP contribution in [0.25, 0.3) is 0 Å². The molecule has 0 saturated heterocycles. The van der Waals surface area contributed by atoms with Crippen molar-refractivity contribution >= 4 is 5.91 Å². The second-order valence-corrected chi connectivity index (χ2v) is 5.81. The first-order valence-corrected chi connectivity index (χ1v) is 7.67. The minimum absolute atomic E-state index is 0.0576. The van der Waals surface area contributed by atoms with Crippen LogP contribution >= 0.6 is 0 Å². The van der Waals surface area contributed by atoms with E-state index in [4.69, 9.17) is 4.74 Å². The molecule has 0 aliphatic heterocycles. The minimum atomic E-state index is -0.0762. The maximum Gasteiger partial charge on any atom is 0.258 e. The largest absolute Gasteiger partial charge is 0.483 e. The molecule has 4 heteroatoms. The van der Waals surface area contributed by atoms with Crippen molar-refractivity contribution in [3.63, 3.8) is 0 Å². The molecule has 118 valence electrons. The Morgan fingerprint density at radius 3 is 2.62 bits per heavy atom. The third-order valence-corrected chi connectivity index (χ3v) is 3.30. The van der Waals surface area contributed by atoms with Crippen molar-refractivity contribution in [2.24, 2.45) is 0 Å². The molecule has 1 rings (SSSR count). The van der Waals surface area contributed by atoms with Crippen molar-refractivity contribution in [3.8, 4) is 5.75 Å². The number of hydrogen-bond acceptors (Lipinski definition) is 3. The summed E-state index contributed by atoms with van der Waals surface area (Å²) in [7, 11) is 0. The Morgan fingerprint density at radius 2 is 2.00 bits per heavy atom. The molecule has 4 nitrogen and oxygen atoms in total. The zero-order chi connectivity index (χ0) is 15.8. The number of ether oxygens (including phenoxy) is 1. The normalized spacial score (nSPS) is 12.3. The maximum atomic E-state index is 11.8. The molecular weight excluding hydrogens is 264 g/mol. The molecule has 0 aliphatic carbocycles. The first-order valence-electron chi connectivity index (χ1n) is 7.67. The molecule has 1 amide bonds. The molecule has 0 aromatic heterocycles. The fourth-order valence-electron chi connectivity index (χ4n) is 1.86. The topological polar surface area (TPSA) is 50.4 Å². The summed E-state index contributed by atoms with van der Waals surface area (Å²) in [5.41, 5.74) is 2.27. The number of nitrogens with one attached hydrogen (secondary N) is 2. The quantitative estimate of drug-likeness (QED) is 0.774. The molecule has 2 N–H and O–H groups in total. The Bertz CT molecular complexity index is 458. The molecule has 0 fully saturated rings. The molecule has 21 heavy (non-hydrogen) atoms. The van der Waals surface area contributed by atoms with E-state index in [1.54, 1.807) is 0 Å². The third kappa shape index (κ3) is 6.63. The Morgan fingerprint density at radius 1 is 1.29 bits per heavy atom. The van der Waals surface area contributed by atoms with Gasteiger partial charge in [-0.2, -0.15) is 0 Å². The van der Waals surface area contributed by atoms with E-state index in [9.17, 15) is 4.79 Å². The summed E-state index contributed by atoms with van der Waals surface area (Å²) in [6.45, 7) is 11.1. The summed E-state index contributed by atoms with van der Waals surface area (Å²) < 4.78 is 5.68. The van der Waals surface area contributed by atoms with Gasteiger partial charge in [0, 0.05) is 24.2 Å². The van der Waals surface area contributed by atoms with Crippen LogP contribution in [0.1, 0.15) is 45.2 Å². The van der Waals surface area contributed by atoms with Gasteiger partial charge >= 0.3 is 0 Å². The summed E-state index contributed by atoms with van der Waals surface area (Å²) in [6.07, 6.45) is 0.916. The van der Waals surface area contributed by atoms with E-state index in [0.29, 0.717) is 6.04 Å². The van der Waals surface area contributed by atoms with E-state index < -0.39 is 0 Å². The van der Waals surface area contributed by atoms with Crippen LogP contribution in [0.15, 0.2) is 18.2 Å². The average Bonchev–Trinajstić information content (AvgIpc) is 2.43. The van der Waals surface area contributed by atoms with Gasteiger partial charge in [0.1, 0.15) is 5.75 Å². The highest BCUT2D eigenvalue weighted by Crippen LogP contribution is 2.20. The van der Waals surface area contributed by atoms with E-state index >= 15 is 0 Å². The zero-order valence-corrected chi connectivity index (χ0v) is 13.8. The molecule has 0 bridgehead atoms. The number of rotatable bonds is 8. The second-order valence-electron chi connectivity index (χ2n) is 5.81. The van der Waals surface area contributed by atoms with Crippen LogP contribution in [-0.2, 0) is 11.3 Å². The van der Waals surface area contributed by atoms with Crippen LogP contribution in [0, 0.1) is 6.92 Å². The fraction of sp³-hybridized carbons (Fsp3) is 0.588. The van der Waals surface area contributed by atoms with Gasteiger partial charge in [0.2, 0.25) is 0 Å². The Kier molecular flexibility index (Phi) is 7.23. The van der Waals surface area contributed by atoms with Gasteiger partial charge in [-0.15, -0.1) is 0 Å². The number of carbonyl (C=O) groups excluding carboxylic acids is 1. The molecule has 1 aromatic rings. The number of aryl methyl sites for hydroxylation is 1. The highest BCUT2D eigenvalue weighted by Gasteiger charge is 2.09. The van der Waals surface area contributed by atoms with Gasteiger partial charge in [0.25, 0.3) is 5.91 Å². The van der Waals surface area contributed by atoms with E-state index in [1.807, 2.05) is 26.0 Å². The van der Waals surface area contributed by atoms with Crippen molar-refractivity contribution < 1.29 is 9.53 Å². The van der Waals surface area contributed by atoms with Crippen LogP contribution in [0.3, 0.4) is 0 Å². The van der Waals surface area contributed by atoms with E-state index in [-0.39, 0.29) is 18.6 Å². The van der Waals surface area contributed by atoms with Crippen molar-refractivity contribution in [3.05, 3.63) is 29.3 Å². The fourth-order valence-corrected chi connectivity index (χ4v) is 1.86. The summed E-state index contributed by atoms with van der Waals surface area (Å²) in [5.74, 6) is 0.695. The molecule has 0 radical (unpaired) electrons. The molecular formula is C17H28N2O2. The van der Waals surface area contributed by atoms with Crippen LogP contribution in [0.5, 0.6) is 5.75 Å². The number of amides is 1. The summed E-state index contributed by atoms with van der Waals surface area (Å²) in [6, 6.07) is 6.62. The molecule has 1 atom stereocenters. The molecule has 1 aromatic carbocycles. The van der Waals surface area contributed by atoms with E-state index in [2.05, 4.69) is 37.5 Å². The number of benzene rings is 1. The highest BCUT2D eigenvalue weighted by atomic mass is 16.5.